The smallest absolute Gasteiger partial charge is 0.111 e. The maximum Gasteiger partial charge on any atom is 0.111 e. The molecule has 1 atom stereocenters. The highest BCUT2D eigenvalue weighted by Crippen LogP contribution is 2.37. The van der Waals surface area contributed by atoms with Crippen LogP contribution in [0.4, 0.5) is 0 Å². The first-order valence-electron chi connectivity index (χ1n) is 5.13. The van der Waals surface area contributed by atoms with Crippen molar-refractivity contribution >= 4 is 0 Å². The van der Waals surface area contributed by atoms with Crippen molar-refractivity contribution in [3.8, 4) is 0 Å². The van der Waals surface area contributed by atoms with Crippen molar-refractivity contribution in [3.63, 3.8) is 0 Å². The van der Waals surface area contributed by atoms with Gasteiger partial charge in [0.1, 0.15) is 6.23 Å². The van der Waals surface area contributed by atoms with Gasteiger partial charge in [0.25, 0.3) is 0 Å². The molecule has 2 nitrogen and oxygen atoms in total. The summed E-state index contributed by atoms with van der Waals surface area (Å²) in [6.07, 6.45) is 5.55. The average Bonchev–Trinajstić information content (AvgIpc) is 2.62. The van der Waals surface area contributed by atoms with Crippen molar-refractivity contribution in [2.24, 2.45) is 5.92 Å². The fraction of sp³-hybridized carbons (Fsp3) is 1.00. The predicted octanol–water partition coefficient (Wildman–Crippen LogP) is 1.90. The number of hydrogen-bond donors (Lipinski definition) is 1. The standard InChI is InChI=1S/C10H19NO/c1-8(2)9-11-7-10(12-9)5-3-4-6-10/h8-9,11H,3-7H2,1-2H3. The zero-order valence-corrected chi connectivity index (χ0v) is 8.10. The Balaban J connectivity index is 1.96. The summed E-state index contributed by atoms with van der Waals surface area (Å²) in [6.45, 7) is 5.51. The van der Waals surface area contributed by atoms with Crippen LogP contribution >= 0.6 is 0 Å². The number of ether oxygens (including phenoxy) is 1. The second-order valence-electron chi connectivity index (χ2n) is 4.55. The lowest BCUT2D eigenvalue weighted by atomic mass is 10.0. The van der Waals surface area contributed by atoms with Crippen molar-refractivity contribution in [2.75, 3.05) is 6.54 Å². The molecular formula is C10H19NO. The molecule has 1 heterocycles. The third-order valence-corrected chi connectivity index (χ3v) is 3.12. The minimum atomic E-state index is 0.231. The van der Waals surface area contributed by atoms with Gasteiger partial charge in [0.2, 0.25) is 0 Å². The quantitative estimate of drug-likeness (QED) is 0.647. The van der Waals surface area contributed by atoms with Crippen molar-refractivity contribution < 1.29 is 4.74 Å². The Morgan fingerprint density at radius 2 is 2.00 bits per heavy atom. The Kier molecular flexibility index (Phi) is 2.13. The van der Waals surface area contributed by atoms with Gasteiger partial charge in [-0.15, -0.1) is 0 Å². The topological polar surface area (TPSA) is 21.3 Å². The van der Waals surface area contributed by atoms with Crippen LogP contribution in [0.3, 0.4) is 0 Å². The fourth-order valence-corrected chi connectivity index (χ4v) is 2.33. The summed E-state index contributed by atoms with van der Waals surface area (Å²) in [4.78, 5) is 0. The monoisotopic (exact) mass is 169 g/mol. The van der Waals surface area contributed by atoms with Crippen LogP contribution in [-0.4, -0.2) is 18.4 Å². The molecule has 0 bridgehead atoms. The van der Waals surface area contributed by atoms with Crippen LogP contribution in [0.5, 0.6) is 0 Å². The van der Waals surface area contributed by atoms with E-state index in [0.717, 1.165) is 6.54 Å². The molecule has 1 N–H and O–H groups in total. The number of rotatable bonds is 1. The largest absolute Gasteiger partial charge is 0.355 e. The third kappa shape index (κ3) is 1.38. The van der Waals surface area contributed by atoms with Gasteiger partial charge in [0.15, 0.2) is 0 Å². The van der Waals surface area contributed by atoms with E-state index in [1.54, 1.807) is 0 Å². The molecule has 1 saturated carbocycles. The van der Waals surface area contributed by atoms with Gasteiger partial charge in [-0.2, -0.15) is 0 Å². The van der Waals surface area contributed by atoms with E-state index >= 15 is 0 Å². The van der Waals surface area contributed by atoms with Crippen LogP contribution < -0.4 is 5.32 Å². The molecular weight excluding hydrogens is 150 g/mol. The minimum absolute atomic E-state index is 0.231. The van der Waals surface area contributed by atoms with Gasteiger partial charge in [0.05, 0.1) is 5.60 Å². The fourth-order valence-electron chi connectivity index (χ4n) is 2.33. The molecule has 1 aliphatic heterocycles. The van der Waals surface area contributed by atoms with Crippen LogP contribution in [0.2, 0.25) is 0 Å². The number of hydrogen-bond acceptors (Lipinski definition) is 2. The maximum absolute atomic E-state index is 6.06. The normalized spacial score (nSPS) is 33.8. The first kappa shape index (κ1) is 8.52. The highest BCUT2D eigenvalue weighted by Gasteiger charge is 2.42. The second kappa shape index (κ2) is 3.00. The van der Waals surface area contributed by atoms with E-state index in [0.29, 0.717) is 12.1 Å². The first-order valence-corrected chi connectivity index (χ1v) is 5.13. The molecule has 0 amide bonds. The van der Waals surface area contributed by atoms with E-state index in [1.807, 2.05) is 0 Å². The summed E-state index contributed by atoms with van der Waals surface area (Å²) in [6, 6.07) is 0. The molecule has 2 aliphatic rings. The predicted molar refractivity (Wildman–Crippen MR) is 48.9 cm³/mol. The SMILES string of the molecule is CC(C)C1NCC2(CCCC2)O1. The zero-order chi connectivity index (χ0) is 8.60. The number of nitrogens with one attached hydrogen (secondary N) is 1. The van der Waals surface area contributed by atoms with E-state index in [1.165, 1.54) is 25.7 Å². The maximum atomic E-state index is 6.06. The summed E-state index contributed by atoms with van der Waals surface area (Å²) in [5.41, 5.74) is 0.231. The van der Waals surface area contributed by atoms with Crippen molar-refractivity contribution in [1.29, 1.82) is 0 Å². The van der Waals surface area contributed by atoms with Crippen molar-refractivity contribution in [1.82, 2.24) is 5.32 Å². The summed E-state index contributed by atoms with van der Waals surface area (Å²) in [7, 11) is 0. The van der Waals surface area contributed by atoms with Crippen molar-refractivity contribution in [3.05, 3.63) is 0 Å². The van der Waals surface area contributed by atoms with Gasteiger partial charge >= 0.3 is 0 Å². The molecule has 1 spiro atoms. The lowest BCUT2D eigenvalue weighted by Crippen LogP contribution is -2.29. The molecule has 1 aliphatic carbocycles. The van der Waals surface area contributed by atoms with Crippen LogP contribution in [0.15, 0.2) is 0 Å². The molecule has 12 heavy (non-hydrogen) atoms. The second-order valence-corrected chi connectivity index (χ2v) is 4.55. The van der Waals surface area contributed by atoms with Gasteiger partial charge in [0, 0.05) is 6.54 Å². The molecule has 0 aromatic carbocycles. The van der Waals surface area contributed by atoms with Gasteiger partial charge in [-0.25, -0.2) is 0 Å². The average molecular weight is 169 g/mol. The lowest BCUT2D eigenvalue weighted by Gasteiger charge is -2.23. The van der Waals surface area contributed by atoms with E-state index in [4.69, 9.17) is 4.74 Å². The molecule has 70 valence electrons. The molecule has 1 unspecified atom stereocenters. The summed E-state index contributed by atoms with van der Waals surface area (Å²) >= 11 is 0. The van der Waals surface area contributed by atoms with E-state index in [-0.39, 0.29) is 5.60 Å². The Labute approximate surface area is 74.7 Å². The van der Waals surface area contributed by atoms with Crippen LogP contribution in [0, 0.1) is 5.92 Å². The molecule has 0 aromatic rings. The van der Waals surface area contributed by atoms with Gasteiger partial charge in [-0.05, 0) is 18.8 Å². The van der Waals surface area contributed by atoms with Crippen molar-refractivity contribution in [2.45, 2.75) is 51.4 Å². The van der Waals surface area contributed by atoms with E-state index in [9.17, 15) is 0 Å². The summed E-state index contributed by atoms with van der Waals surface area (Å²) < 4.78 is 6.06. The molecule has 0 radical (unpaired) electrons. The Morgan fingerprint density at radius 3 is 2.50 bits per heavy atom. The molecule has 2 rings (SSSR count). The Bertz CT molecular complexity index is 161. The van der Waals surface area contributed by atoms with Gasteiger partial charge in [-0.1, -0.05) is 26.7 Å². The minimum Gasteiger partial charge on any atom is -0.355 e. The molecule has 2 fully saturated rings. The van der Waals surface area contributed by atoms with Crippen LogP contribution in [-0.2, 0) is 4.74 Å². The Hall–Kier alpha value is -0.0800. The van der Waals surface area contributed by atoms with Gasteiger partial charge < -0.3 is 4.74 Å². The zero-order valence-electron chi connectivity index (χ0n) is 8.10. The lowest BCUT2D eigenvalue weighted by molar-refractivity contribution is -0.0524. The first-order chi connectivity index (χ1) is 5.72. The van der Waals surface area contributed by atoms with E-state index in [2.05, 4.69) is 19.2 Å². The van der Waals surface area contributed by atoms with Crippen LogP contribution in [0.25, 0.3) is 0 Å². The summed E-state index contributed by atoms with van der Waals surface area (Å²) in [5, 5.41) is 3.47. The van der Waals surface area contributed by atoms with Crippen LogP contribution in [0.1, 0.15) is 39.5 Å². The molecule has 2 heteroatoms. The molecule has 0 aromatic heterocycles. The Morgan fingerprint density at radius 1 is 1.33 bits per heavy atom. The summed E-state index contributed by atoms with van der Waals surface area (Å²) in [5.74, 6) is 0.602. The highest BCUT2D eigenvalue weighted by atomic mass is 16.5. The highest BCUT2D eigenvalue weighted by molar-refractivity contribution is 4.94. The third-order valence-electron chi connectivity index (χ3n) is 3.12. The molecule has 1 saturated heterocycles. The van der Waals surface area contributed by atoms with E-state index < -0.39 is 0 Å². The van der Waals surface area contributed by atoms with Gasteiger partial charge in [-0.3, -0.25) is 5.32 Å².